The molecule has 2 aromatic rings. The number of aliphatic hydroxyl groups excluding tert-OH is 2. The van der Waals surface area contributed by atoms with Gasteiger partial charge in [-0.15, -0.1) is 0 Å². The number of hydrogen-bond acceptors (Lipinski definition) is 13. The Balaban J connectivity index is 1.19. The van der Waals surface area contributed by atoms with Crippen LogP contribution in [0.4, 0.5) is 0 Å². The van der Waals surface area contributed by atoms with E-state index < -0.39 is 95.8 Å². The number of likely N-dealkylation sites (N-methyl/N-ethyl adjacent to an activating group) is 1. The highest BCUT2D eigenvalue weighted by molar-refractivity contribution is 5.96. The van der Waals surface area contributed by atoms with E-state index >= 15 is 4.79 Å². The third kappa shape index (κ3) is 8.39. The molecule has 3 amide bonds. The Bertz CT molecular complexity index is 1970. The molecule has 2 aromatic carbocycles. The van der Waals surface area contributed by atoms with E-state index in [2.05, 4.69) is 10.6 Å². The van der Waals surface area contributed by atoms with Gasteiger partial charge in [0.15, 0.2) is 11.8 Å². The molecule has 4 N–H and O–H groups in total. The molecule has 0 radical (unpaired) electrons. The summed E-state index contributed by atoms with van der Waals surface area (Å²) in [5, 5.41) is 27.8. The summed E-state index contributed by atoms with van der Waals surface area (Å²) in [4.78, 5) is 76.1. The molecule has 3 aliphatic heterocycles. The van der Waals surface area contributed by atoms with Crippen molar-refractivity contribution in [2.24, 2.45) is 5.41 Å². The molecule has 1 saturated carbocycles. The number of nitrogens with zero attached hydrogens (tertiary/aromatic N) is 2. The van der Waals surface area contributed by atoms with Crippen molar-refractivity contribution in [3.8, 4) is 0 Å². The number of esters is 2. The van der Waals surface area contributed by atoms with E-state index in [1.807, 2.05) is 48.5 Å². The van der Waals surface area contributed by atoms with Crippen LogP contribution >= 0.6 is 0 Å². The summed E-state index contributed by atoms with van der Waals surface area (Å²) in [6.45, 7) is 6.00. The molecule has 0 aromatic heterocycles. The molecule has 3 saturated heterocycles. The molecule has 4 fully saturated rings. The largest absolute Gasteiger partial charge is 0.460 e. The highest BCUT2D eigenvalue weighted by Gasteiger charge is 2.76. The van der Waals surface area contributed by atoms with Gasteiger partial charge in [0.2, 0.25) is 17.7 Å². The lowest BCUT2D eigenvalue weighted by atomic mass is 9.62. The third-order valence-electron chi connectivity index (χ3n) is 11.7. The minimum Gasteiger partial charge on any atom is -0.460 e. The normalized spacial score (nSPS) is 28.0. The molecule has 2 aliphatic carbocycles. The summed E-state index contributed by atoms with van der Waals surface area (Å²) in [5.74, 6) is -4.11. The van der Waals surface area contributed by atoms with Crippen LogP contribution in [0.1, 0.15) is 69.2 Å². The van der Waals surface area contributed by atoms with Crippen molar-refractivity contribution < 1.29 is 58.0 Å². The topological polar surface area (TPSA) is 202 Å². The number of aliphatic hydroxyl groups is 2. The molecular formula is C43H54N4O12. The maximum atomic E-state index is 15.1. The van der Waals surface area contributed by atoms with Gasteiger partial charge in [-0.2, -0.15) is 5.06 Å². The Morgan fingerprint density at radius 2 is 1.68 bits per heavy atom. The predicted octanol–water partition coefficient (Wildman–Crippen LogP) is 1.33. The monoisotopic (exact) mass is 818 g/mol. The summed E-state index contributed by atoms with van der Waals surface area (Å²) in [5.41, 5.74) is 1.07. The number of fused-ring (bicyclic) bond motifs is 5. The number of benzene rings is 2. The van der Waals surface area contributed by atoms with Gasteiger partial charge in [0.25, 0.3) is 0 Å². The summed E-state index contributed by atoms with van der Waals surface area (Å²) >= 11 is 0. The van der Waals surface area contributed by atoms with E-state index in [0.29, 0.717) is 24.0 Å². The molecule has 9 atom stereocenters. The van der Waals surface area contributed by atoms with E-state index in [4.69, 9.17) is 23.8 Å². The fourth-order valence-corrected chi connectivity index (χ4v) is 8.94. The molecule has 3 heterocycles. The van der Waals surface area contributed by atoms with E-state index in [1.165, 1.54) is 23.0 Å². The van der Waals surface area contributed by atoms with Crippen LogP contribution in [0.15, 0.2) is 54.6 Å². The summed E-state index contributed by atoms with van der Waals surface area (Å²) in [7, 11) is 3.29. The van der Waals surface area contributed by atoms with Gasteiger partial charge in [0.1, 0.15) is 41.5 Å². The van der Waals surface area contributed by atoms with Crippen LogP contribution in [-0.4, -0.2) is 131 Å². The maximum absolute atomic E-state index is 15.1. The van der Waals surface area contributed by atoms with Crippen molar-refractivity contribution in [2.75, 3.05) is 20.7 Å². The second kappa shape index (κ2) is 16.4. The molecular weight excluding hydrogens is 764 g/mol. The Labute approximate surface area is 343 Å². The molecule has 2 bridgehead atoms. The fourth-order valence-electron chi connectivity index (χ4n) is 8.94. The van der Waals surface area contributed by atoms with Gasteiger partial charge >= 0.3 is 11.9 Å². The third-order valence-corrected chi connectivity index (χ3v) is 11.7. The molecule has 1 spiro atoms. The van der Waals surface area contributed by atoms with Gasteiger partial charge in [-0.05, 0) is 62.4 Å². The van der Waals surface area contributed by atoms with Crippen LogP contribution in [0.25, 0.3) is 6.08 Å². The molecule has 318 valence electrons. The SMILES string of the molecule is C[C@H](O)[C@@H](NC(=O)[C@@]12C[C@H]3OC(=O)[C@@H]1N(Cc1ccccc1C=CC(=O)N(C)C)O[C@@H]2[C@H]1OC2(Cc4ccccc4C2)O[C@H]13)C(=O)N[C@H](CO)CCC(=O)OC(C)(C)C. The van der Waals surface area contributed by atoms with Crippen molar-refractivity contribution in [3.05, 3.63) is 76.9 Å². The van der Waals surface area contributed by atoms with Gasteiger partial charge < -0.3 is 44.7 Å². The number of hydroxylamine groups is 2. The number of nitrogens with one attached hydrogen (secondary N) is 2. The lowest BCUT2D eigenvalue weighted by Gasteiger charge is -2.49. The fraction of sp³-hybridized carbons (Fsp3) is 0.558. The molecule has 16 heteroatoms. The predicted molar refractivity (Wildman–Crippen MR) is 209 cm³/mol. The van der Waals surface area contributed by atoms with Crippen LogP contribution in [0.5, 0.6) is 0 Å². The number of amides is 3. The van der Waals surface area contributed by atoms with E-state index in [-0.39, 0.29) is 31.7 Å². The van der Waals surface area contributed by atoms with Gasteiger partial charge in [0.05, 0.1) is 25.3 Å². The standard InChI is InChI=1S/C43H54N4O12/c1-24(49)33(38(52)44-29(23-48)16-18-32(51)56-41(2,3)4)45-40(54)43-21-30-34-35(58-42(57-34)19-26-12-8-9-13-27(26)20-42)37(43)59-47(36(43)39(53)55-30)22-28-14-10-7-11-25(28)15-17-31(50)46(5)6/h7-15,17,24,29-30,33-37,48-49H,16,18-23H2,1-6H3,(H,44,52)(H,45,54)/t24-,29-,30+,33+,34-,35-,36-,37+,43-/m0/s1. The van der Waals surface area contributed by atoms with Gasteiger partial charge in [-0.3, -0.25) is 28.8 Å². The van der Waals surface area contributed by atoms with E-state index in [9.17, 15) is 29.4 Å². The highest BCUT2D eigenvalue weighted by atomic mass is 16.8. The van der Waals surface area contributed by atoms with Crippen molar-refractivity contribution in [1.82, 2.24) is 20.6 Å². The summed E-state index contributed by atoms with van der Waals surface area (Å²) < 4.78 is 25.0. The van der Waals surface area contributed by atoms with Crippen molar-refractivity contribution >= 4 is 35.7 Å². The molecule has 16 nitrogen and oxygen atoms in total. The van der Waals surface area contributed by atoms with Gasteiger partial charge in [-0.25, -0.2) is 0 Å². The quantitative estimate of drug-likeness (QED) is 0.167. The number of carbonyl (C=O) groups excluding carboxylic acids is 5. The Kier molecular flexibility index (Phi) is 11.8. The number of carbonyl (C=O) groups is 5. The number of hydrogen-bond donors (Lipinski definition) is 4. The number of rotatable bonds is 13. The van der Waals surface area contributed by atoms with Gasteiger partial charge in [-0.1, -0.05) is 48.5 Å². The average Bonchev–Trinajstić information content (AvgIpc) is 3.85. The van der Waals surface area contributed by atoms with Crippen LogP contribution < -0.4 is 10.6 Å². The first-order valence-corrected chi connectivity index (χ1v) is 20.1. The van der Waals surface area contributed by atoms with Gasteiger partial charge in [0, 0.05) is 45.9 Å². The van der Waals surface area contributed by atoms with Crippen LogP contribution in [0.2, 0.25) is 0 Å². The second-order valence-electron chi connectivity index (χ2n) is 17.4. The minimum absolute atomic E-state index is 0.00238. The molecule has 59 heavy (non-hydrogen) atoms. The van der Waals surface area contributed by atoms with E-state index in [1.54, 1.807) is 40.9 Å². The molecule has 7 rings (SSSR count). The summed E-state index contributed by atoms with van der Waals surface area (Å²) in [6.07, 6.45) is -1.21. The molecule has 0 unspecified atom stereocenters. The zero-order valence-electron chi connectivity index (χ0n) is 34.2. The zero-order chi connectivity index (χ0) is 42.4. The highest BCUT2D eigenvalue weighted by Crippen LogP contribution is 2.58. The summed E-state index contributed by atoms with van der Waals surface area (Å²) in [6, 6.07) is 11.4. The lowest BCUT2D eigenvalue weighted by molar-refractivity contribution is -0.217. The zero-order valence-corrected chi connectivity index (χ0v) is 34.2. The van der Waals surface area contributed by atoms with Crippen LogP contribution in [-0.2, 0) is 67.1 Å². The van der Waals surface area contributed by atoms with Crippen molar-refractivity contribution in [1.29, 1.82) is 0 Å². The minimum atomic E-state index is -1.69. The van der Waals surface area contributed by atoms with Crippen molar-refractivity contribution in [2.45, 2.75) is 126 Å². The Hall–Kier alpha value is -4.71. The first-order chi connectivity index (χ1) is 27.9. The Morgan fingerprint density at radius 1 is 1.02 bits per heavy atom. The van der Waals surface area contributed by atoms with Crippen molar-refractivity contribution in [3.63, 3.8) is 0 Å². The first-order valence-electron chi connectivity index (χ1n) is 20.1. The lowest BCUT2D eigenvalue weighted by Crippen LogP contribution is -2.71. The van der Waals surface area contributed by atoms with Crippen LogP contribution in [0.3, 0.4) is 0 Å². The maximum Gasteiger partial charge on any atom is 0.327 e. The average molecular weight is 819 g/mol. The first kappa shape index (κ1) is 42.4. The van der Waals surface area contributed by atoms with E-state index in [0.717, 1.165) is 11.1 Å². The Morgan fingerprint density at radius 3 is 2.32 bits per heavy atom. The van der Waals surface area contributed by atoms with Crippen LogP contribution in [0, 0.1) is 5.41 Å². The number of ether oxygens (including phenoxy) is 4. The molecule has 5 aliphatic rings. The second-order valence-corrected chi connectivity index (χ2v) is 17.4. The smallest absolute Gasteiger partial charge is 0.327 e.